The molecule has 0 saturated heterocycles. The van der Waals surface area contributed by atoms with E-state index in [0.29, 0.717) is 10.7 Å². The second-order valence-corrected chi connectivity index (χ2v) is 4.83. The number of amides is 1. The molecule has 116 valence electrons. The number of nitrogens with one attached hydrogen (secondary N) is 2. The highest BCUT2D eigenvalue weighted by atomic mass is 35.5. The molecule has 2 rings (SSSR count). The third-order valence-corrected chi connectivity index (χ3v) is 3.15. The molecule has 0 unspecified atom stereocenters. The zero-order valence-electron chi connectivity index (χ0n) is 11.2. The number of hydrogen-bond acceptors (Lipinski definition) is 2. The molecule has 0 saturated carbocycles. The monoisotopic (exact) mass is 328 g/mol. The number of alkyl halides is 3. The van der Waals surface area contributed by atoms with Crippen LogP contribution in [-0.4, -0.2) is 12.5 Å². The lowest BCUT2D eigenvalue weighted by molar-refractivity contribution is -0.137. The van der Waals surface area contributed by atoms with E-state index in [1.807, 2.05) is 0 Å². The van der Waals surface area contributed by atoms with Gasteiger partial charge >= 0.3 is 6.18 Å². The molecular weight excluding hydrogens is 317 g/mol. The van der Waals surface area contributed by atoms with E-state index in [1.165, 1.54) is 18.2 Å². The molecule has 22 heavy (non-hydrogen) atoms. The Morgan fingerprint density at radius 3 is 2.23 bits per heavy atom. The lowest BCUT2D eigenvalue weighted by Gasteiger charge is -2.14. The smallest absolute Gasteiger partial charge is 0.376 e. The van der Waals surface area contributed by atoms with Crippen LogP contribution >= 0.6 is 11.6 Å². The van der Waals surface area contributed by atoms with Crippen LogP contribution in [0.2, 0.25) is 5.02 Å². The fourth-order valence-corrected chi connectivity index (χ4v) is 2.00. The number of anilines is 2. The SMILES string of the molecule is O=C(CNc1ccccc1C(F)(F)F)Nc1ccccc1Cl. The highest BCUT2D eigenvalue weighted by molar-refractivity contribution is 6.33. The van der Waals surface area contributed by atoms with Gasteiger partial charge in [0.2, 0.25) is 5.91 Å². The van der Waals surface area contributed by atoms with E-state index in [-0.39, 0.29) is 12.2 Å². The van der Waals surface area contributed by atoms with Crippen molar-refractivity contribution >= 4 is 28.9 Å². The summed E-state index contributed by atoms with van der Waals surface area (Å²) in [5.74, 6) is -0.495. The van der Waals surface area contributed by atoms with Crippen molar-refractivity contribution in [3.8, 4) is 0 Å². The standard InChI is InChI=1S/C15H12ClF3N2O/c16-11-6-2-4-8-13(11)21-14(22)9-20-12-7-3-1-5-10(12)15(17,18)19/h1-8,20H,9H2,(H,21,22). The molecule has 0 aliphatic heterocycles. The predicted octanol–water partition coefficient (Wildman–Crippen LogP) is 4.41. The van der Waals surface area contributed by atoms with Gasteiger partial charge in [0, 0.05) is 5.69 Å². The molecule has 0 aromatic heterocycles. The van der Waals surface area contributed by atoms with Crippen molar-refractivity contribution in [2.45, 2.75) is 6.18 Å². The second-order valence-electron chi connectivity index (χ2n) is 4.42. The zero-order valence-corrected chi connectivity index (χ0v) is 12.0. The van der Waals surface area contributed by atoms with Gasteiger partial charge in [-0.25, -0.2) is 0 Å². The summed E-state index contributed by atoms with van der Waals surface area (Å²) in [5, 5.41) is 5.36. The van der Waals surface area contributed by atoms with Crippen molar-refractivity contribution in [2.24, 2.45) is 0 Å². The fourth-order valence-electron chi connectivity index (χ4n) is 1.82. The topological polar surface area (TPSA) is 41.1 Å². The number of benzene rings is 2. The van der Waals surface area contributed by atoms with E-state index in [4.69, 9.17) is 11.6 Å². The summed E-state index contributed by atoms with van der Waals surface area (Å²) < 4.78 is 38.4. The van der Waals surface area contributed by atoms with Crippen LogP contribution in [0.25, 0.3) is 0 Å². The molecule has 2 N–H and O–H groups in total. The zero-order chi connectivity index (χ0) is 16.2. The van der Waals surface area contributed by atoms with Crippen LogP contribution in [0.1, 0.15) is 5.56 Å². The van der Waals surface area contributed by atoms with Crippen LogP contribution in [0.3, 0.4) is 0 Å². The predicted molar refractivity (Wildman–Crippen MR) is 80.0 cm³/mol. The Balaban J connectivity index is 2.02. The van der Waals surface area contributed by atoms with Crippen molar-refractivity contribution in [1.82, 2.24) is 0 Å². The minimum Gasteiger partial charge on any atom is -0.376 e. The van der Waals surface area contributed by atoms with E-state index in [1.54, 1.807) is 24.3 Å². The summed E-state index contributed by atoms with van der Waals surface area (Å²) in [6.07, 6.45) is -4.48. The molecule has 0 aliphatic rings. The van der Waals surface area contributed by atoms with Gasteiger partial charge in [0.15, 0.2) is 0 Å². The van der Waals surface area contributed by atoms with Crippen molar-refractivity contribution in [2.75, 3.05) is 17.2 Å². The lowest BCUT2D eigenvalue weighted by atomic mass is 10.1. The Labute approximate surface area is 130 Å². The van der Waals surface area contributed by atoms with Crippen molar-refractivity contribution in [3.63, 3.8) is 0 Å². The number of halogens is 4. The Bertz CT molecular complexity index is 674. The normalized spacial score (nSPS) is 11.1. The molecule has 1 amide bonds. The fraction of sp³-hybridized carbons (Fsp3) is 0.133. The van der Waals surface area contributed by atoms with Crippen LogP contribution in [-0.2, 0) is 11.0 Å². The van der Waals surface area contributed by atoms with Gasteiger partial charge in [0.25, 0.3) is 0 Å². The molecule has 2 aromatic carbocycles. The van der Waals surface area contributed by atoms with E-state index < -0.39 is 17.6 Å². The van der Waals surface area contributed by atoms with Crippen molar-refractivity contribution in [1.29, 1.82) is 0 Å². The number of rotatable bonds is 4. The van der Waals surface area contributed by atoms with Gasteiger partial charge in [-0.1, -0.05) is 35.9 Å². The van der Waals surface area contributed by atoms with Gasteiger partial charge < -0.3 is 10.6 Å². The maximum Gasteiger partial charge on any atom is 0.418 e. The van der Waals surface area contributed by atoms with Gasteiger partial charge in [0.05, 0.1) is 22.8 Å². The first kappa shape index (κ1) is 16.2. The summed E-state index contributed by atoms with van der Waals surface area (Å²) in [6.45, 7) is -0.307. The first-order valence-corrected chi connectivity index (χ1v) is 6.70. The molecular formula is C15H12ClF3N2O. The van der Waals surface area contributed by atoms with Gasteiger partial charge in [0.1, 0.15) is 0 Å². The van der Waals surface area contributed by atoms with Crippen LogP contribution in [0.4, 0.5) is 24.5 Å². The molecule has 0 bridgehead atoms. The summed E-state index contributed by atoms with van der Waals surface area (Å²) in [5.41, 5.74) is -0.565. The average Bonchev–Trinajstić information content (AvgIpc) is 2.47. The minimum atomic E-state index is -4.48. The average molecular weight is 329 g/mol. The molecule has 0 spiro atoms. The highest BCUT2D eigenvalue weighted by Crippen LogP contribution is 2.34. The van der Waals surface area contributed by atoms with E-state index >= 15 is 0 Å². The Kier molecular flexibility index (Phi) is 4.92. The minimum absolute atomic E-state index is 0.149. The number of hydrogen-bond donors (Lipinski definition) is 2. The molecule has 0 fully saturated rings. The van der Waals surface area contributed by atoms with Crippen LogP contribution in [0.5, 0.6) is 0 Å². The van der Waals surface area contributed by atoms with Gasteiger partial charge in [-0.15, -0.1) is 0 Å². The lowest BCUT2D eigenvalue weighted by Crippen LogP contribution is -2.23. The number of carbonyl (C=O) groups excluding carboxylic acids is 1. The Morgan fingerprint density at radius 2 is 1.59 bits per heavy atom. The molecule has 0 radical (unpaired) electrons. The molecule has 0 aliphatic carbocycles. The second kappa shape index (κ2) is 6.70. The van der Waals surface area contributed by atoms with Crippen LogP contribution in [0.15, 0.2) is 48.5 Å². The van der Waals surface area contributed by atoms with Crippen LogP contribution in [0, 0.1) is 0 Å². The summed E-state index contributed by atoms with van der Waals surface area (Å²) >= 11 is 5.89. The first-order chi connectivity index (χ1) is 10.4. The van der Waals surface area contributed by atoms with E-state index in [0.717, 1.165) is 6.07 Å². The number of carbonyl (C=O) groups is 1. The Morgan fingerprint density at radius 1 is 1.00 bits per heavy atom. The molecule has 7 heteroatoms. The third kappa shape index (κ3) is 4.14. The Hall–Kier alpha value is -2.21. The van der Waals surface area contributed by atoms with Crippen molar-refractivity contribution < 1.29 is 18.0 Å². The summed E-state index contributed by atoms with van der Waals surface area (Å²) in [7, 11) is 0. The third-order valence-electron chi connectivity index (χ3n) is 2.82. The summed E-state index contributed by atoms with van der Waals surface area (Å²) in [4.78, 5) is 11.8. The maximum atomic E-state index is 12.8. The first-order valence-electron chi connectivity index (χ1n) is 6.32. The maximum absolute atomic E-state index is 12.8. The summed E-state index contributed by atoms with van der Waals surface area (Å²) in [6, 6.07) is 11.6. The van der Waals surface area contributed by atoms with Gasteiger partial charge in [-0.2, -0.15) is 13.2 Å². The van der Waals surface area contributed by atoms with Crippen LogP contribution < -0.4 is 10.6 Å². The molecule has 2 aromatic rings. The van der Waals surface area contributed by atoms with Gasteiger partial charge in [-0.3, -0.25) is 4.79 Å². The molecule has 0 atom stereocenters. The largest absolute Gasteiger partial charge is 0.418 e. The quantitative estimate of drug-likeness (QED) is 0.873. The van der Waals surface area contributed by atoms with Crippen molar-refractivity contribution in [3.05, 3.63) is 59.1 Å². The van der Waals surface area contributed by atoms with Gasteiger partial charge in [-0.05, 0) is 24.3 Å². The molecule has 3 nitrogen and oxygen atoms in total. The number of para-hydroxylation sites is 2. The molecule has 0 heterocycles. The van der Waals surface area contributed by atoms with E-state index in [2.05, 4.69) is 10.6 Å². The highest BCUT2D eigenvalue weighted by Gasteiger charge is 2.33. The van der Waals surface area contributed by atoms with E-state index in [9.17, 15) is 18.0 Å².